The summed E-state index contributed by atoms with van der Waals surface area (Å²) in [6.07, 6.45) is 13.3. The summed E-state index contributed by atoms with van der Waals surface area (Å²) in [5.41, 5.74) is 0.216. The van der Waals surface area contributed by atoms with Crippen molar-refractivity contribution in [2.45, 2.75) is 106 Å². The van der Waals surface area contributed by atoms with E-state index in [2.05, 4.69) is 47.6 Å². The van der Waals surface area contributed by atoms with E-state index < -0.39 is 0 Å². The third-order valence-electron chi connectivity index (χ3n) is 11.2. The Balaban J connectivity index is 1.61. The van der Waals surface area contributed by atoms with E-state index in [-0.39, 0.29) is 28.7 Å². The van der Waals surface area contributed by atoms with Gasteiger partial charge >= 0.3 is 5.97 Å². The van der Waals surface area contributed by atoms with Crippen molar-refractivity contribution in [2.24, 2.45) is 58.2 Å². The predicted molar refractivity (Wildman–Crippen MR) is 133 cm³/mol. The van der Waals surface area contributed by atoms with Gasteiger partial charge in [0.15, 0.2) is 5.78 Å². The zero-order valence-corrected chi connectivity index (χ0v) is 22.2. The van der Waals surface area contributed by atoms with Crippen LogP contribution in [0.4, 0.5) is 0 Å². The molecule has 4 aliphatic rings. The van der Waals surface area contributed by atoms with Gasteiger partial charge in [-0.15, -0.1) is 0 Å². The standard InChI is InChI=1S/C30H48O3/c1-18(2)19(3)8-9-20(4)25-12-13-26-24-11-10-22-16-23(32)14-15-29(22,6)28(24)27(33-21(5)31)17-30(25,26)7/h14-15,18-20,22,24-28H,8-13,16-17H2,1-7H3/t19-,20+,22-,24-,25+,26+,27+,28+,29-,30-/m0/s1. The Labute approximate surface area is 202 Å². The lowest BCUT2D eigenvalue weighted by Gasteiger charge is -2.61. The smallest absolute Gasteiger partial charge is 0.302 e. The van der Waals surface area contributed by atoms with Gasteiger partial charge in [0.05, 0.1) is 0 Å². The molecule has 3 nitrogen and oxygen atoms in total. The van der Waals surface area contributed by atoms with Crippen molar-refractivity contribution in [3.05, 3.63) is 12.2 Å². The molecule has 0 bridgehead atoms. The maximum atomic E-state index is 12.3. The van der Waals surface area contributed by atoms with Crippen molar-refractivity contribution in [1.29, 1.82) is 0 Å². The van der Waals surface area contributed by atoms with Crippen LogP contribution < -0.4 is 0 Å². The van der Waals surface area contributed by atoms with E-state index in [9.17, 15) is 9.59 Å². The Kier molecular flexibility index (Phi) is 6.93. The number of rotatable bonds is 6. The van der Waals surface area contributed by atoms with Crippen LogP contribution in [0.15, 0.2) is 12.2 Å². The lowest BCUT2D eigenvalue weighted by Crippen LogP contribution is -2.59. The van der Waals surface area contributed by atoms with Gasteiger partial charge < -0.3 is 4.74 Å². The Hall–Kier alpha value is -1.12. The fraction of sp³-hybridized carbons (Fsp3) is 0.867. The van der Waals surface area contributed by atoms with E-state index >= 15 is 0 Å². The SMILES string of the molecule is CC(=O)O[C@@H]1C[C@]2(C)[C@H](CC[C@@H]2[C@H](C)CC[C@H](C)C(C)C)[C@@H]2CC[C@H]3CC(=O)C=C[C@]3(C)[C@H]21. The second-order valence-corrected chi connectivity index (χ2v) is 13.3. The minimum Gasteiger partial charge on any atom is -0.462 e. The second-order valence-electron chi connectivity index (χ2n) is 13.3. The molecule has 0 N–H and O–H groups in total. The highest BCUT2D eigenvalue weighted by atomic mass is 16.5. The third-order valence-corrected chi connectivity index (χ3v) is 11.2. The average Bonchev–Trinajstić information content (AvgIpc) is 3.08. The highest BCUT2D eigenvalue weighted by Crippen LogP contribution is 2.68. The van der Waals surface area contributed by atoms with Crippen LogP contribution in [0.5, 0.6) is 0 Å². The van der Waals surface area contributed by atoms with Crippen molar-refractivity contribution in [3.8, 4) is 0 Å². The number of allylic oxidation sites excluding steroid dienone is 2. The van der Waals surface area contributed by atoms with E-state index in [1.807, 2.05) is 6.08 Å². The monoisotopic (exact) mass is 456 g/mol. The Morgan fingerprint density at radius 2 is 1.82 bits per heavy atom. The van der Waals surface area contributed by atoms with Crippen molar-refractivity contribution in [1.82, 2.24) is 0 Å². The lowest BCUT2D eigenvalue weighted by atomic mass is 9.44. The fourth-order valence-corrected chi connectivity index (χ4v) is 9.08. The number of ketones is 1. The van der Waals surface area contributed by atoms with Crippen LogP contribution >= 0.6 is 0 Å². The first kappa shape index (κ1) is 25.0. The third kappa shape index (κ3) is 4.36. The quantitative estimate of drug-likeness (QED) is 0.396. The summed E-state index contributed by atoms with van der Waals surface area (Å²) in [5, 5.41) is 0. The maximum absolute atomic E-state index is 12.3. The average molecular weight is 457 g/mol. The summed E-state index contributed by atoms with van der Waals surface area (Å²) >= 11 is 0. The van der Waals surface area contributed by atoms with Crippen LogP contribution in [-0.2, 0) is 14.3 Å². The molecule has 3 saturated carbocycles. The largest absolute Gasteiger partial charge is 0.462 e. The molecule has 33 heavy (non-hydrogen) atoms. The normalized spacial score (nSPS) is 44.1. The van der Waals surface area contributed by atoms with Crippen molar-refractivity contribution < 1.29 is 14.3 Å². The number of ether oxygens (including phenoxy) is 1. The minimum atomic E-state index is -0.143. The molecular formula is C30H48O3. The van der Waals surface area contributed by atoms with Gasteiger partial charge in [0, 0.05) is 19.3 Å². The topological polar surface area (TPSA) is 43.4 Å². The molecule has 0 radical (unpaired) electrons. The van der Waals surface area contributed by atoms with Gasteiger partial charge in [-0.2, -0.15) is 0 Å². The van der Waals surface area contributed by atoms with Crippen LogP contribution in [0.1, 0.15) is 99.8 Å². The first-order valence-electron chi connectivity index (χ1n) is 13.9. The molecule has 0 heterocycles. The molecule has 4 aliphatic carbocycles. The molecule has 0 aromatic heterocycles. The molecule has 4 rings (SSSR count). The summed E-state index contributed by atoms with van der Waals surface area (Å²) in [7, 11) is 0. The number of hydrogen-bond acceptors (Lipinski definition) is 3. The number of hydrogen-bond donors (Lipinski definition) is 0. The molecule has 0 amide bonds. The van der Waals surface area contributed by atoms with Gasteiger partial charge in [0.1, 0.15) is 6.10 Å². The van der Waals surface area contributed by atoms with Crippen molar-refractivity contribution >= 4 is 11.8 Å². The van der Waals surface area contributed by atoms with Gasteiger partial charge in [-0.05, 0) is 90.4 Å². The molecule has 0 unspecified atom stereocenters. The van der Waals surface area contributed by atoms with Crippen LogP contribution in [0.25, 0.3) is 0 Å². The fourth-order valence-electron chi connectivity index (χ4n) is 9.08. The molecule has 3 fully saturated rings. The summed E-state index contributed by atoms with van der Waals surface area (Å²) in [5.74, 6) is 5.14. The Morgan fingerprint density at radius 1 is 1.09 bits per heavy atom. The van der Waals surface area contributed by atoms with Crippen molar-refractivity contribution in [3.63, 3.8) is 0 Å². The summed E-state index contributed by atoms with van der Waals surface area (Å²) in [6, 6.07) is 0. The molecule has 186 valence electrons. The minimum absolute atomic E-state index is 0.0261. The second kappa shape index (κ2) is 9.15. The molecule has 10 atom stereocenters. The van der Waals surface area contributed by atoms with Gasteiger partial charge in [-0.3, -0.25) is 9.59 Å². The van der Waals surface area contributed by atoms with Gasteiger partial charge in [-0.1, -0.05) is 60.5 Å². The summed E-state index contributed by atoms with van der Waals surface area (Å²) in [4.78, 5) is 24.5. The number of carbonyl (C=O) groups is 2. The first-order valence-corrected chi connectivity index (χ1v) is 13.9. The van der Waals surface area contributed by atoms with Crippen molar-refractivity contribution in [2.75, 3.05) is 0 Å². The summed E-state index contributed by atoms with van der Waals surface area (Å²) in [6.45, 7) is 16.1. The zero-order chi connectivity index (χ0) is 24.1. The van der Waals surface area contributed by atoms with Gasteiger partial charge in [0.25, 0.3) is 0 Å². The first-order chi connectivity index (χ1) is 15.5. The van der Waals surface area contributed by atoms with Crippen LogP contribution in [0, 0.1) is 58.2 Å². The van der Waals surface area contributed by atoms with E-state index in [4.69, 9.17) is 4.74 Å². The summed E-state index contributed by atoms with van der Waals surface area (Å²) < 4.78 is 6.18. The Bertz CT molecular complexity index is 783. The van der Waals surface area contributed by atoms with Crippen LogP contribution in [0.3, 0.4) is 0 Å². The van der Waals surface area contributed by atoms with E-state index in [1.54, 1.807) is 6.92 Å². The number of fused-ring (bicyclic) bond motifs is 5. The van der Waals surface area contributed by atoms with E-state index in [0.717, 1.165) is 36.5 Å². The molecular weight excluding hydrogens is 408 g/mol. The zero-order valence-electron chi connectivity index (χ0n) is 22.2. The van der Waals surface area contributed by atoms with Crippen LogP contribution in [0.2, 0.25) is 0 Å². The van der Waals surface area contributed by atoms with E-state index in [1.165, 1.54) is 32.1 Å². The molecule has 0 spiro atoms. The molecule has 0 aliphatic heterocycles. The highest BCUT2D eigenvalue weighted by Gasteiger charge is 2.63. The number of esters is 1. The van der Waals surface area contributed by atoms with Crippen LogP contribution in [-0.4, -0.2) is 17.9 Å². The van der Waals surface area contributed by atoms with Gasteiger partial charge in [0.2, 0.25) is 0 Å². The molecule has 0 saturated heterocycles. The highest BCUT2D eigenvalue weighted by molar-refractivity contribution is 5.91. The van der Waals surface area contributed by atoms with Gasteiger partial charge in [-0.25, -0.2) is 0 Å². The van der Waals surface area contributed by atoms with E-state index in [0.29, 0.717) is 30.1 Å². The molecule has 3 heteroatoms. The molecule has 0 aromatic rings. The predicted octanol–water partition coefficient (Wildman–Crippen LogP) is 7.24. The Morgan fingerprint density at radius 3 is 2.48 bits per heavy atom. The number of carbonyl (C=O) groups excluding carboxylic acids is 2. The molecule has 0 aromatic carbocycles. The lowest BCUT2D eigenvalue weighted by molar-refractivity contribution is -0.184. The maximum Gasteiger partial charge on any atom is 0.302 e.